The summed E-state index contributed by atoms with van der Waals surface area (Å²) in [5, 5.41) is 5.05. The molecule has 6 nitrogen and oxygen atoms in total. The van der Waals surface area contributed by atoms with E-state index in [2.05, 4.69) is 10.6 Å². The van der Waals surface area contributed by atoms with Crippen molar-refractivity contribution in [1.29, 1.82) is 0 Å². The Kier molecular flexibility index (Phi) is 9.15. The zero-order chi connectivity index (χ0) is 14.1. The van der Waals surface area contributed by atoms with Gasteiger partial charge in [-0.15, -0.1) is 12.4 Å². The Bertz CT molecular complexity index is 423. The molecule has 7 heteroatoms. The van der Waals surface area contributed by atoms with E-state index in [4.69, 9.17) is 10.5 Å². The highest BCUT2D eigenvalue weighted by molar-refractivity contribution is 5.94. The number of anilines is 1. The van der Waals surface area contributed by atoms with Gasteiger partial charge >= 0.3 is 0 Å². The van der Waals surface area contributed by atoms with Crippen molar-refractivity contribution in [2.45, 2.75) is 13.3 Å². The molecular weight excluding hydrogens is 282 g/mol. The molecule has 0 heterocycles. The number of nitrogens with two attached hydrogens (primary N) is 1. The number of amides is 2. The van der Waals surface area contributed by atoms with E-state index in [9.17, 15) is 9.59 Å². The van der Waals surface area contributed by atoms with Crippen molar-refractivity contribution in [2.24, 2.45) is 5.73 Å². The van der Waals surface area contributed by atoms with E-state index in [0.29, 0.717) is 12.3 Å². The van der Waals surface area contributed by atoms with E-state index >= 15 is 0 Å². The zero-order valence-electron chi connectivity index (χ0n) is 11.3. The predicted octanol–water partition coefficient (Wildman–Crippen LogP) is 0.911. The van der Waals surface area contributed by atoms with Crippen LogP contribution in [0.1, 0.15) is 13.3 Å². The quantitative estimate of drug-likeness (QED) is 0.698. The number of rotatable bonds is 7. The third-order valence-corrected chi connectivity index (χ3v) is 2.24. The van der Waals surface area contributed by atoms with Crippen LogP contribution >= 0.6 is 12.4 Å². The van der Waals surface area contributed by atoms with Crippen LogP contribution in [0.3, 0.4) is 0 Å². The summed E-state index contributed by atoms with van der Waals surface area (Å²) < 4.78 is 5.43. The number of carbonyl (C=O) groups excluding carboxylic acids is 2. The Balaban J connectivity index is 0.00000361. The number of hydrogen-bond acceptors (Lipinski definition) is 4. The molecule has 0 spiro atoms. The van der Waals surface area contributed by atoms with Crippen molar-refractivity contribution in [3.8, 4) is 5.75 Å². The van der Waals surface area contributed by atoms with Crippen LogP contribution in [-0.4, -0.2) is 31.5 Å². The maximum atomic E-state index is 11.5. The van der Waals surface area contributed by atoms with E-state index in [1.165, 1.54) is 0 Å². The molecule has 1 aromatic rings. The molecule has 0 atom stereocenters. The maximum Gasteiger partial charge on any atom is 0.243 e. The van der Waals surface area contributed by atoms with Gasteiger partial charge in [-0.3, -0.25) is 9.59 Å². The SMILES string of the molecule is CCCOc1ccc(NC(=O)CNC(=O)CN)cc1.Cl. The van der Waals surface area contributed by atoms with Crippen LogP contribution in [0.4, 0.5) is 5.69 Å². The fourth-order valence-corrected chi connectivity index (χ4v) is 1.31. The molecular formula is C13H20ClN3O3. The van der Waals surface area contributed by atoms with E-state index < -0.39 is 0 Å². The molecule has 0 fully saturated rings. The van der Waals surface area contributed by atoms with E-state index in [1.807, 2.05) is 6.92 Å². The van der Waals surface area contributed by atoms with Gasteiger partial charge in [-0.1, -0.05) is 6.92 Å². The molecule has 0 saturated carbocycles. The van der Waals surface area contributed by atoms with Crippen LogP contribution in [0.2, 0.25) is 0 Å². The highest BCUT2D eigenvalue weighted by Crippen LogP contribution is 2.15. The van der Waals surface area contributed by atoms with Gasteiger partial charge in [-0.05, 0) is 30.7 Å². The first-order chi connectivity index (χ1) is 9.15. The van der Waals surface area contributed by atoms with Gasteiger partial charge in [-0.25, -0.2) is 0 Å². The van der Waals surface area contributed by atoms with Gasteiger partial charge < -0.3 is 21.1 Å². The summed E-state index contributed by atoms with van der Waals surface area (Å²) in [6.07, 6.45) is 0.944. The van der Waals surface area contributed by atoms with E-state index in [0.717, 1.165) is 12.2 Å². The van der Waals surface area contributed by atoms with Gasteiger partial charge in [0.2, 0.25) is 11.8 Å². The summed E-state index contributed by atoms with van der Waals surface area (Å²) in [5.41, 5.74) is 5.76. The van der Waals surface area contributed by atoms with Crippen molar-refractivity contribution < 1.29 is 14.3 Å². The molecule has 0 aromatic heterocycles. The molecule has 2 amide bonds. The average Bonchev–Trinajstić information content (AvgIpc) is 2.44. The van der Waals surface area contributed by atoms with E-state index in [1.54, 1.807) is 24.3 Å². The van der Waals surface area contributed by atoms with Gasteiger partial charge in [0.15, 0.2) is 0 Å². The molecule has 0 saturated heterocycles. The highest BCUT2D eigenvalue weighted by Gasteiger charge is 2.04. The number of nitrogens with one attached hydrogen (secondary N) is 2. The standard InChI is InChI=1S/C13H19N3O3.ClH/c1-2-7-19-11-5-3-10(4-6-11)16-13(18)9-15-12(17)8-14;/h3-6H,2,7-9,14H2,1H3,(H,15,17)(H,16,18);1H. The average molecular weight is 302 g/mol. The van der Waals surface area contributed by atoms with Crippen LogP contribution in [0.15, 0.2) is 24.3 Å². The minimum atomic E-state index is -0.363. The maximum absolute atomic E-state index is 11.5. The topological polar surface area (TPSA) is 93.5 Å². The summed E-state index contributed by atoms with van der Waals surface area (Å²) in [4.78, 5) is 22.4. The second-order valence-electron chi connectivity index (χ2n) is 3.90. The molecule has 4 N–H and O–H groups in total. The number of halogens is 1. The lowest BCUT2D eigenvalue weighted by molar-refractivity contribution is -0.123. The molecule has 1 aromatic carbocycles. The Hall–Kier alpha value is -1.79. The van der Waals surface area contributed by atoms with Crippen LogP contribution in [0.5, 0.6) is 5.75 Å². The van der Waals surface area contributed by atoms with Crippen molar-refractivity contribution in [1.82, 2.24) is 5.32 Å². The van der Waals surface area contributed by atoms with Crippen molar-refractivity contribution >= 4 is 29.9 Å². The van der Waals surface area contributed by atoms with Crippen LogP contribution in [0, 0.1) is 0 Å². The molecule has 112 valence electrons. The van der Waals surface area contributed by atoms with Crippen LogP contribution in [-0.2, 0) is 9.59 Å². The zero-order valence-corrected chi connectivity index (χ0v) is 12.2. The molecule has 0 aliphatic rings. The Morgan fingerprint density at radius 2 is 1.85 bits per heavy atom. The first-order valence-corrected chi connectivity index (χ1v) is 6.15. The monoisotopic (exact) mass is 301 g/mol. The molecule has 0 aliphatic carbocycles. The lowest BCUT2D eigenvalue weighted by Crippen LogP contribution is -2.36. The van der Waals surface area contributed by atoms with Gasteiger partial charge in [0.1, 0.15) is 5.75 Å². The van der Waals surface area contributed by atoms with Crippen LogP contribution < -0.4 is 21.1 Å². The van der Waals surface area contributed by atoms with Gasteiger partial charge in [0, 0.05) is 5.69 Å². The normalized spacial score (nSPS) is 9.30. The lowest BCUT2D eigenvalue weighted by Gasteiger charge is -2.08. The second kappa shape index (κ2) is 10.1. The number of benzene rings is 1. The predicted molar refractivity (Wildman–Crippen MR) is 80.2 cm³/mol. The second-order valence-corrected chi connectivity index (χ2v) is 3.90. The summed E-state index contributed by atoms with van der Waals surface area (Å²) in [7, 11) is 0. The molecule has 0 unspecified atom stereocenters. The van der Waals surface area contributed by atoms with Gasteiger partial charge in [-0.2, -0.15) is 0 Å². The van der Waals surface area contributed by atoms with Gasteiger partial charge in [0.05, 0.1) is 19.7 Å². The summed E-state index contributed by atoms with van der Waals surface area (Å²) in [6, 6.07) is 7.05. The number of carbonyl (C=O) groups is 2. The molecule has 0 radical (unpaired) electrons. The van der Waals surface area contributed by atoms with Crippen LogP contribution in [0.25, 0.3) is 0 Å². The fraction of sp³-hybridized carbons (Fsp3) is 0.385. The van der Waals surface area contributed by atoms with Crippen molar-refractivity contribution in [3.05, 3.63) is 24.3 Å². The molecule has 0 bridgehead atoms. The Morgan fingerprint density at radius 3 is 2.40 bits per heavy atom. The van der Waals surface area contributed by atoms with Crippen molar-refractivity contribution in [2.75, 3.05) is 25.0 Å². The fourth-order valence-electron chi connectivity index (χ4n) is 1.31. The lowest BCUT2D eigenvalue weighted by atomic mass is 10.3. The Labute approximate surface area is 124 Å². The smallest absolute Gasteiger partial charge is 0.243 e. The minimum absolute atomic E-state index is 0. The summed E-state index contributed by atoms with van der Waals surface area (Å²) >= 11 is 0. The first kappa shape index (κ1) is 18.2. The molecule has 20 heavy (non-hydrogen) atoms. The summed E-state index contributed by atoms with van der Waals surface area (Å²) in [5.74, 6) is 0.0961. The molecule has 1 rings (SSSR count). The Morgan fingerprint density at radius 1 is 1.20 bits per heavy atom. The number of hydrogen-bond donors (Lipinski definition) is 3. The third kappa shape index (κ3) is 6.96. The van der Waals surface area contributed by atoms with Gasteiger partial charge in [0.25, 0.3) is 0 Å². The first-order valence-electron chi connectivity index (χ1n) is 6.15. The molecule has 0 aliphatic heterocycles. The number of ether oxygens (including phenoxy) is 1. The van der Waals surface area contributed by atoms with E-state index in [-0.39, 0.29) is 37.3 Å². The largest absolute Gasteiger partial charge is 0.494 e. The summed E-state index contributed by atoms with van der Waals surface area (Å²) in [6.45, 7) is 2.47. The highest BCUT2D eigenvalue weighted by atomic mass is 35.5. The minimum Gasteiger partial charge on any atom is -0.494 e. The third-order valence-electron chi connectivity index (χ3n) is 2.24. The van der Waals surface area contributed by atoms with Crippen molar-refractivity contribution in [3.63, 3.8) is 0 Å².